The van der Waals surface area contributed by atoms with Crippen LogP contribution in [0, 0.1) is 0 Å². The summed E-state index contributed by atoms with van der Waals surface area (Å²) in [6, 6.07) is 17.0. The predicted molar refractivity (Wildman–Crippen MR) is 150 cm³/mol. The molecule has 5 nitrogen and oxygen atoms in total. The van der Waals surface area contributed by atoms with E-state index < -0.39 is 13.9 Å². The maximum Gasteiger partial charge on any atom is 0.410 e. The number of carbonyl (C=O) groups is 1. The lowest BCUT2D eigenvalue weighted by atomic mass is 9.83. The van der Waals surface area contributed by atoms with E-state index in [0.717, 1.165) is 25.7 Å². The van der Waals surface area contributed by atoms with E-state index in [1.54, 1.807) is 0 Å². The third-order valence-electron chi connectivity index (χ3n) is 9.45. The van der Waals surface area contributed by atoms with Crippen molar-refractivity contribution < 1.29 is 19.1 Å². The Hall–Kier alpha value is -2.15. The molecule has 0 radical (unpaired) electrons. The van der Waals surface area contributed by atoms with Crippen molar-refractivity contribution >= 4 is 14.4 Å². The van der Waals surface area contributed by atoms with E-state index >= 15 is 0 Å². The summed E-state index contributed by atoms with van der Waals surface area (Å²) in [6.07, 6.45) is 4.51. The summed E-state index contributed by atoms with van der Waals surface area (Å²) < 4.78 is 12.3. The van der Waals surface area contributed by atoms with Crippen molar-refractivity contribution in [2.45, 2.75) is 101 Å². The van der Waals surface area contributed by atoms with Gasteiger partial charge in [0.15, 0.2) is 8.32 Å². The fraction of sp³-hybridized carbons (Fsp3) is 0.581. The van der Waals surface area contributed by atoms with Gasteiger partial charge in [-0.2, -0.15) is 0 Å². The van der Waals surface area contributed by atoms with E-state index in [-0.39, 0.29) is 29.1 Å². The first kappa shape index (κ1) is 26.5. The number of ether oxygens (including phenoxy) is 1. The van der Waals surface area contributed by atoms with Gasteiger partial charge in [0.2, 0.25) is 0 Å². The summed E-state index contributed by atoms with van der Waals surface area (Å²) in [7, 11) is -1.77. The molecule has 2 atom stereocenters. The highest BCUT2D eigenvalue weighted by atomic mass is 28.4. The van der Waals surface area contributed by atoms with Gasteiger partial charge in [-0.15, -0.1) is 0 Å². The summed E-state index contributed by atoms with van der Waals surface area (Å²) >= 11 is 0. The number of benzene rings is 2. The van der Waals surface area contributed by atoms with Crippen molar-refractivity contribution in [2.75, 3.05) is 13.2 Å². The molecule has 1 aliphatic carbocycles. The molecule has 2 bridgehead atoms. The topological polar surface area (TPSA) is 59.0 Å². The van der Waals surface area contributed by atoms with Crippen LogP contribution >= 0.6 is 0 Å². The highest BCUT2D eigenvalue weighted by Crippen LogP contribution is 2.46. The average molecular weight is 522 g/mol. The van der Waals surface area contributed by atoms with Crippen LogP contribution in [0.5, 0.6) is 0 Å². The van der Waals surface area contributed by atoms with Crippen LogP contribution in [0.3, 0.4) is 0 Å². The second-order valence-electron chi connectivity index (χ2n) is 12.9. The number of rotatable bonds is 7. The first-order valence-electron chi connectivity index (χ1n) is 14.0. The number of hydrogen-bond acceptors (Lipinski definition) is 4. The van der Waals surface area contributed by atoms with Crippen LogP contribution in [-0.4, -0.2) is 55.3 Å². The molecule has 0 spiro atoms. The molecular formula is C31H43NO4Si. The lowest BCUT2D eigenvalue weighted by molar-refractivity contribution is -0.0561. The van der Waals surface area contributed by atoms with E-state index in [9.17, 15) is 9.90 Å². The quantitative estimate of drug-likeness (QED) is 0.312. The van der Waals surface area contributed by atoms with Gasteiger partial charge in [0.05, 0.1) is 5.60 Å². The summed E-state index contributed by atoms with van der Waals surface area (Å²) in [4.78, 5) is 15.3. The zero-order valence-electron chi connectivity index (χ0n) is 23.1. The Kier molecular flexibility index (Phi) is 7.05. The molecule has 6 heteroatoms. The minimum Gasteiger partial charge on any atom is -0.448 e. The molecule has 1 amide bonds. The fourth-order valence-electron chi connectivity index (χ4n) is 6.44. The minimum absolute atomic E-state index is 0.0562. The average Bonchev–Trinajstić information content (AvgIpc) is 3.32. The van der Waals surface area contributed by atoms with Crippen LogP contribution in [0.4, 0.5) is 4.79 Å². The lowest BCUT2D eigenvalue weighted by Crippen LogP contribution is -2.53. The van der Waals surface area contributed by atoms with Gasteiger partial charge in [0, 0.05) is 24.6 Å². The van der Waals surface area contributed by atoms with E-state index in [2.05, 4.69) is 82.4 Å². The van der Waals surface area contributed by atoms with Gasteiger partial charge in [-0.05, 0) is 78.9 Å². The van der Waals surface area contributed by atoms with E-state index in [4.69, 9.17) is 9.16 Å². The van der Waals surface area contributed by atoms with Crippen molar-refractivity contribution in [2.24, 2.45) is 0 Å². The van der Waals surface area contributed by atoms with E-state index in [1.807, 2.05) is 4.90 Å². The number of fused-ring (bicyclic) bond motifs is 5. The monoisotopic (exact) mass is 521 g/mol. The zero-order chi connectivity index (χ0) is 26.4. The molecule has 2 aromatic rings. The third kappa shape index (κ3) is 5.12. The Morgan fingerprint density at radius 3 is 2.08 bits per heavy atom. The molecule has 2 aliphatic heterocycles. The first-order chi connectivity index (χ1) is 17.5. The van der Waals surface area contributed by atoms with Gasteiger partial charge < -0.3 is 19.2 Å². The molecule has 2 saturated heterocycles. The number of aliphatic hydroxyl groups is 1. The lowest BCUT2D eigenvalue weighted by Gasteiger charge is -2.43. The maximum atomic E-state index is 13.3. The van der Waals surface area contributed by atoms with Gasteiger partial charge in [-0.3, -0.25) is 0 Å². The van der Waals surface area contributed by atoms with Crippen molar-refractivity contribution in [1.82, 2.24) is 4.90 Å². The van der Waals surface area contributed by atoms with Gasteiger partial charge in [0.25, 0.3) is 0 Å². The minimum atomic E-state index is -1.77. The zero-order valence-corrected chi connectivity index (χ0v) is 24.1. The molecular weight excluding hydrogens is 478 g/mol. The molecule has 5 rings (SSSR count). The SMILES string of the molecule is CC(C)(C)[Si](C)(C)OCCCC1(O)CC2CCC(C1)N2C(=O)OCC1c2ccccc2-c2ccccc21. The van der Waals surface area contributed by atoms with Crippen LogP contribution in [0.15, 0.2) is 48.5 Å². The number of piperidine rings is 1. The largest absolute Gasteiger partial charge is 0.448 e. The van der Waals surface area contributed by atoms with Crippen molar-refractivity contribution in [3.8, 4) is 11.1 Å². The van der Waals surface area contributed by atoms with E-state index in [1.165, 1.54) is 22.3 Å². The molecule has 37 heavy (non-hydrogen) atoms. The van der Waals surface area contributed by atoms with Crippen molar-refractivity contribution in [3.05, 3.63) is 59.7 Å². The maximum absolute atomic E-state index is 13.3. The number of nitrogens with zero attached hydrogens (tertiary/aromatic N) is 1. The van der Waals surface area contributed by atoms with Gasteiger partial charge >= 0.3 is 6.09 Å². The predicted octanol–water partition coefficient (Wildman–Crippen LogP) is 7.10. The Bertz CT molecular complexity index is 1080. The molecule has 2 heterocycles. The van der Waals surface area contributed by atoms with Crippen molar-refractivity contribution in [1.29, 1.82) is 0 Å². The summed E-state index contributed by atoms with van der Waals surface area (Å²) in [5.74, 6) is 0.0663. The molecule has 3 aliphatic rings. The van der Waals surface area contributed by atoms with Gasteiger partial charge in [-0.25, -0.2) is 4.79 Å². The van der Waals surface area contributed by atoms with Gasteiger partial charge in [0.1, 0.15) is 6.61 Å². The first-order valence-corrected chi connectivity index (χ1v) is 16.9. The normalized spacial score (nSPS) is 25.2. The highest BCUT2D eigenvalue weighted by molar-refractivity contribution is 6.74. The smallest absolute Gasteiger partial charge is 0.410 e. The number of carbonyl (C=O) groups excluding carboxylic acids is 1. The Morgan fingerprint density at radius 1 is 1.00 bits per heavy atom. The molecule has 2 aromatic carbocycles. The van der Waals surface area contributed by atoms with Crippen LogP contribution in [0.1, 0.15) is 76.3 Å². The summed E-state index contributed by atoms with van der Waals surface area (Å²) in [6.45, 7) is 12.3. The molecule has 2 unspecified atom stereocenters. The molecule has 1 N–H and O–H groups in total. The van der Waals surface area contributed by atoms with Crippen LogP contribution < -0.4 is 0 Å². The Morgan fingerprint density at radius 2 is 1.54 bits per heavy atom. The number of amides is 1. The van der Waals surface area contributed by atoms with E-state index in [0.29, 0.717) is 26.1 Å². The summed E-state index contributed by atoms with van der Waals surface area (Å²) in [5.41, 5.74) is 4.21. The standard InChI is InChI=1S/C31H43NO4Si/c1-30(2,3)37(4,5)36-18-10-17-31(34)19-22-15-16-23(20-31)32(22)29(33)35-21-28-26-13-8-6-11-24(26)25-12-7-9-14-27(25)28/h6-9,11-14,22-23,28,34H,10,15-21H2,1-5H3. The third-order valence-corrected chi connectivity index (χ3v) is 14.0. The molecule has 2 fully saturated rings. The molecule has 200 valence electrons. The summed E-state index contributed by atoms with van der Waals surface area (Å²) in [5, 5.41) is 11.6. The Labute approximate surface area is 223 Å². The van der Waals surface area contributed by atoms with Crippen LogP contribution in [-0.2, 0) is 9.16 Å². The van der Waals surface area contributed by atoms with Crippen molar-refractivity contribution in [3.63, 3.8) is 0 Å². The second-order valence-corrected chi connectivity index (χ2v) is 17.8. The van der Waals surface area contributed by atoms with Crippen LogP contribution in [0.2, 0.25) is 18.1 Å². The highest BCUT2D eigenvalue weighted by Gasteiger charge is 2.50. The van der Waals surface area contributed by atoms with Gasteiger partial charge in [-0.1, -0.05) is 69.3 Å². The Balaban J connectivity index is 1.17. The van der Waals surface area contributed by atoms with Crippen LogP contribution in [0.25, 0.3) is 11.1 Å². The molecule has 0 saturated carbocycles. The second kappa shape index (κ2) is 9.86. The number of hydrogen-bond donors (Lipinski definition) is 1. The molecule has 0 aromatic heterocycles. The fourth-order valence-corrected chi connectivity index (χ4v) is 7.53.